The molecule has 122 valence electrons. The van der Waals surface area contributed by atoms with Crippen LogP contribution in [0.15, 0.2) is 30.3 Å². The molecule has 2 atom stereocenters. The van der Waals surface area contributed by atoms with E-state index in [9.17, 15) is 19.8 Å². The summed E-state index contributed by atoms with van der Waals surface area (Å²) in [6, 6.07) is 7.55. The maximum absolute atomic E-state index is 11.4. The topological polar surface area (TPSA) is 89.9 Å². The lowest BCUT2D eigenvalue weighted by Crippen LogP contribution is -2.52. The zero-order valence-electron chi connectivity index (χ0n) is 13.2. The second kappa shape index (κ2) is 8.38. The van der Waals surface area contributed by atoms with Crippen molar-refractivity contribution in [3.63, 3.8) is 0 Å². The molecule has 0 heterocycles. The highest BCUT2D eigenvalue weighted by molar-refractivity contribution is 5.78. The van der Waals surface area contributed by atoms with Gasteiger partial charge in [-0.1, -0.05) is 32.0 Å². The van der Waals surface area contributed by atoms with E-state index in [0.29, 0.717) is 6.42 Å². The Bertz CT molecular complexity index is 490. The lowest BCUT2D eigenvalue weighted by atomic mass is 10.0. The molecule has 3 N–H and O–H groups in total. The molecule has 0 saturated carbocycles. The smallest absolute Gasteiger partial charge is 0.322 e. The van der Waals surface area contributed by atoms with Gasteiger partial charge in [-0.15, -0.1) is 0 Å². The van der Waals surface area contributed by atoms with E-state index in [1.807, 2.05) is 44.2 Å². The Morgan fingerprint density at radius 2 is 1.64 bits per heavy atom. The fourth-order valence-corrected chi connectivity index (χ4v) is 2.22. The molecule has 0 saturated heterocycles. The van der Waals surface area contributed by atoms with Crippen molar-refractivity contribution in [3.8, 4) is 0 Å². The maximum Gasteiger partial charge on any atom is 0.322 e. The van der Waals surface area contributed by atoms with E-state index in [1.54, 1.807) is 11.9 Å². The molecule has 6 nitrogen and oxygen atoms in total. The average Bonchev–Trinajstić information content (AvgIpc) is 2.45. The third-order valence-electron chi connectivity index (χ3n) is 3.36. The molecule has 0 radical (unpaired) electrons. The van der Waals surface area contributed by atoms with Gasteiger partial charge in [0.25, 0.3) is 0 Å². The van der Waals surface area contributed by atoms with E-state index in [-0.39, 0.29) is 12.5 Å². The van der Waals surface area contributed by atoms with Crippen molar-refractivity contribution in [3.05, 3.63) is 30.3 Å². The van der Waals surface area contributed by atoms with E-state index in [0.717, 1.165) is 5.69 Å². The van der Waals surface area contributed by atoms with Crippen molar-refractivity contribution >= 4 is 17.6 Å². The largest absolute Gasteiger partial charge is 0.480 e. The zero-order chi connectivity index (χ0) is 16.7. The molecule has 0 aliphatic heterocycles. The number of nitrogens with zero attached hydrogens (tertiary/aromatic N) is 1. The van der Waals surface area contributed by atoms with Crippen LogP contribution >= 0.6 is 0 Å². The third-order valence-corrected chi connectivity index (χ3v) is 3.36. The van der Waals surface area contributed by atoms with Crippen LogP contribution in [0, 0.1) is 5.92 Å². The fourth-order valence-electron chi connectivity index (χ4n) is 2.22. The van der Waals surface area contributed by atoms with Gasteiger partial charge in [-0.2, -0.15) is 0 Å². The van der Waals surface area contributed by atoms with Crippen LogP contribution in [0.5, 0.6) is 0 Å². The van der Waals surface area contributed by atoms with Gasteiger partial charge < -0.3 is 15.1 Å². The van der Waals surface area contributed by atoms with Crippen LogP contribution < -0.4 is 10.2 Å². The third kappa shape index (κ3) is 5.73. The summed E-state index contributed by atoms with van der Waals surface area (Å²) in [5.41, 5.74) is 0.881. The molecular formula is C16H24N2O4. The number of para-hydroxylation sites is 1. The number of nitrogens with one attached hydrogen (secondary N) is 1. The van der Waals surface area contributed by atoms with Crippen molar-refractivity contribution in [1.29, 1.82) is 0 Å². The molecule has 6 heteroatoms. The fraction of sp³-hybridized carbons (Fsp3) is 0.500. The van der Waals surface area contributed by atoms with Crippen LogP contribution in [-0.2, 0) is 9.59 Å². The first-order valence-corrected chi connectivity index (χ1v) is 7.29. The summed E-state index contributed by atoms with van der Waals surface area (Å²) < 4.78 is 0. The lowest BCUT2D eigenvalue weighted by molar-refractivity contribution is -0.142. The Labute approximate surface area is 130 Å². The lowest BCUT2D eigenvalue weighted by Gasteiger charge is -2.27. The van der Waals surface area contributed by atoms with Crippen molar-refractivity contribution in [2.45, 2.75) is 32.4 Å². The van der Waals surface area contributed by atoms with Gasteiger partial charge in [-0.05, 0) is 24.5 Å². The number of hydrogen-bond acceptors (Lipinski definition) is 4. The van der Waals surface area contributed by atoms with Crippen molar-refractivity contribution < 1.29 is 19.8 Å². The molecule has 2 unspecified atom stereocenters. The van der Waals surface area contributed by atoms with Gasteiger partial charge in [0.15, 0.2) is 0 Å². The number of anilines is 1. The zero-order valence-corrected chi connectivity index (χ0v) is 13.2. The van der Waals surface area contributed by atoms with Gasteiger partial charge in [0.05, 0.1) is 0 Å². The van der Waals surface area contributed by atoms with Gasteiger partial charge in [-0.3, -0.25) is 14.9 Å². The van der Waals surface area contributed by atoms with E-state index in [1.165, 1.54) is 0 Å². The first-order chi connectivity index (χ1) is 10.3. The normalized spacial score (nSPS) is 13.6. The van der Waals surface area contributed by atoms with E-state index in [2.05, 4.69) is 5.32 Å². The van der Waals surface area contributed by atoms with Gasteiger partial charge >= 0.3 is 11.9 Å². The Balaban J connectivity index is 2.76. The highest BCUT2D eigenvalue weighted by Crippen LogP contribution is 2.12. The van der Waals surface area contributed by atoms with Gasteiger partial charge in [-0.25, -0.2) is 0 Å². The highest BCUT2D eigenvalue weighted by Gasteiger charge is 2.27. The van der Waals surface area contributed by atoms with Crippen LogP contribution in [-0.4, -0.2) is 47.8 Å². The molecule has 0 aromatic heterocycles. The number of carboxylic acids is 2. The summed E-state index contributed by atoms with van der Waals surface area (Å²) >= 11 is 0. The van der Waals surface area contributed by atoms with Gasteiger partial charge in [0, 0.05) is 19.3 Å². The Morgan fingerprint density at radius 3 is 2.09 bits per heavy atom. The van der Waals surface area contributed by atoms with Gasteiger partial charge in [0.1, 0.15) is 12.1 Å². The Hall–Kier alpha value is -2.08. The van der Waals surface area contributed by atoms with E-state index < -0.39 is 24.0 Å². The number of rotatable bonds is 9. The minimum absolute atomic E-state index is 0.162. The van der Waals surface area contributed by atoms with E-state index in [4.69, 9.17) is 0 Å². The molecule has 0 spiro atoms. The average molecular weight is 308 g/mol. The van der Waals surface area contributed by atoms with Crippen molar-refractivity contribution in [2.24, 2.45) is 5.92 Å². The minimum atomic E-state index is -1.06. The number of benzene rings is 1. The standard InChI is InChI=1S/C16H24N2O4/c1-11(2)9-13(15(19)20)17-14(16(21)22)10-18(3)12-7-5-4-6-8-12/h4-8,11,13-14,17H,9-10H2,1-3H3,(H,19,20)(H,21,22). The molecule has 0 fully saturated rings. The maximum atomic E-state index is 11.4. The number of carbonyl (C=O) groups is 2. The first kappa shape index (κ1) is 18.0. The van der Waals surface area contributed by atoms with Crippen LogP contribution in [0.1, 0.15) is 20.3 Å². The van der Waals surface area contributed by atoms with Crippen molar-refractivity contribution in [1.82, 2.24) is 5.32 Å². The number of likely N-dealkylation sites (N-methyl/N-ethyl adjacent to an activating group) is 1. The van der Waals surface area contributed by atoms with Crippen LogP contribution in [0.2, 0.25) is 0 Å². The molecular weight excluding hydrogens is 284 g/mol. The monoisotopic (exact) mass is 308 g/mol. The molecule has 0 aliphatic rings. The summed E-state index contributed by atoms with van der Waals surface area (Å²) in [7, 11) is 1.78. The summed E-state index contributed by atoms with van der Waals surface area (Å²) in [4.78, 5) is 24.5. The molecule has 1 aromatic rings. The number of hydrogen-bond donors (Lipinski definition) is 3. The summed E-state index contributed by atoms with van der Waals surface area (Å²) in [6.45, 7) is 3.99. The SMILES string of the molecule is CC(C)CC(NC(CN(C)c1ccccc1)C(=O)O)C(=O)O. The van der Waals surface area contributed by atoms with Crippen LogP contribution in [0.4, 0.5) is 5.69 Å². The highest BCUT2D eigenvalue weighted by atomic mass is 16.4. The molecule has 1 rings (SSSR count). The second-order valence-electron chi connectivity index (χ2n) is 5.79. The van der Waals surface area contributed by atoms with Gasteiger partial charge in [0.2, 0.25) is 0 Å². The predicted molar refractivity (Wildman–Crippen MR) is 85.2 cm³/mol. The Morgan fingerprint density at radius 1 is 1.09 bits per heavy atom. The molecule has 1 aromatic carbocycles. The quantitative estimate of drug-likeness (QED) is 0.643. The van der Waals surface area contributed by atoms with Crippen LogP contribution in [0.3, 0.4) is 0 Å². The molecule has 0 aliphatic carbocycles. The molecule has 22 heavy (non-hydrogen) atoms. The summed E-state index contributed by atoms with van der Waals surface area (Å²) in [5.74, 6) is -1.92. The number of carboxylic acid groups (broad SMARTS) is 2. The second-order valence-corrected chi connectivity index (χ2v) is 5.79. The van der Waals surface area contributed by atoms with E-state index >= 15 is 0 Å². The minimum Gasteiger partial charge on any atom is -0.480 e. The predicted octanol–water partition coefficient (Wildman–Crippen LogP) is 1.66. The molecule has 0 bridgehead atoms. The first-order valence-electron chi connectivity index (χ1n) is 7.29. The van der Waals surface area contributed by atoms with Crippen LogP contribution in [0.25, 0.3) is 0 Å². The summed E-state index contributed by atoms with van der Waals surface area (Å²) in [5, 5.41) is 21.3. The number of aliphatic carboxylic acids is 2. The van der Waals surface area contributed by atoms with Crippen molar-refractivity contribution in [2.75, 3.05) is 18.5 Å². The Kier molecular flexibility index (Phi) is 6.85. The molecule has 0 amide bonds. The summed E-state index contributed by atoms with van der Waals surface area (Å²) in [6.07, 6.45) is 0.383.